The monoisotopic (exact) mass is 386 g/mol. The maximum Gasteiger partial charge on any atom is 0.192 e. The van der Waals surface area contributed by atoms with Crippen molar-refractivity contribution < 1.29 is 4.79 Å². The minimum atomic E-state index is -0.406. The van der Waals surface area contributed by atoms with Crippen molar-refractivity contribution in [2.75, 3.05) is 0 Å². The molecule has 0 fully saturated rings. The van der Waals surface area contributed by atoms with E-state index < -0.39 is 5.25 Å². The lowest BCUT2D eigenvalue weighted by Gasteiger charge is -2.15. The Balaban J connectivity index is 1.69. The van der Waals surface area contributed by atoms with Gasteiger partial charge in [-0.25, -0.2) is 0 Å². The van der Waals surface area contributed by atoms with Crippen LogP contribution in [0.5, 0.6) is 0 Å². The van der Waals surface area contributed by atoms with Crippen LogP contribution in [0.3, 0.4) is 0 Å². The third-order valence-electron chi connectivity index (χ3n) is 4.40. The van der Waals surface area contributed by atoms with E-state index in [1.165, 1.54) is 11.8 Å². The van der Waals surface area contributed by atoms with Crippen molar-refractivity contribution in [3.63, 3.8) is 0 Å². The number of pyridine rings is 1. The first kappa shape index (κ1) is 18.1. The number of rotatable bonds is 6. The van der Waals surface area contributed by atoms with Crippen LogP contribution in [0, 0.1) is 0 Å². The van der Waals surface area contributed by atoms with E-state index in [2.05, 4.69) is 15.2 Å². The Hall–Kier alpha value is -3.25. The number of carbonyl (C=O) groups is 1. The van der Waals surface area contributed by atoms with E-state index in [-0.39, 0.29) is 5.78 Å². The Labute approximate surface area is 167 Å². The van der Waals surface area contributed by atoms with Crippen LogP contribution in [-0.4, -0.2) is 25.5 Å². The molecule has 5 nitrogen and oxygen atoms in total. The SMILES string of the molecule is Cn1c(S[C@@H](C(=O)c2ccccc2)c2ccccc2)nnc1-c1ccncc1. The normalized spacial score (nSPS) is 11.9. The molecule has 2 heterocycles. The van der Waals surface area contributed by atoms with Crippen LogP contribution >= 0.6 is 11.8 Å². The number of benzene rings is 2. The van der Waals surface area contributed by atoms with E-state index in [1.807, 2.05) is 84.4 Å². The molecule has 0 radical (unpaired) electrons. The van der Waals surface area contributed by atoms with Gasteiger partial charge in [-0.1, -0.05) is 72.4 Å². The number of hydrogen-bond acceptors (Lipinski definition) is 5. The Bertz CT molecular complexity index is 1070. The molecule has 0 aliphatic carbocycles. The Kier molecular flexibility index (Phi) is 5.30. The number of aromatic nitrogens is 4. The highest BCUT2D eigenvalue weighted by atomic mass is 32.2. The number of nitrogens with zero attached hydrogens (tertiary/aromatic N) is 4. The smallest absolute Gasteiger partial charge is 0.192 e. The molecule has 138 valence electrons. The molecule has 0 saturated carbocycles. The molecular weight excluding hydrogens is 368 g/mol. The number of ketones is 1. The summed E-state index contributed by atoms with van der Waals surface area (Å²) in [5.74, 6) is 0.786. The summed E-state index contributed by atoms with van der Waals surface area (Å²) in [7, 11) is 1.91. The van der Waals surface area contributed by atoms with Crippen LogP contribution in [0.4, 0.5) is 0 Å². The van der Waals surface area contributed by atoms with Crippen LogP contribution in [0.1, 0.15) is 21.2 Å². The summed E-state index contributed by atoms with van der Waals surface area (Å²) in [5, 5.41) is 8.93. The Morgan fingerprint density at radius 3 is 2.21 bits per heavy atom. The molecule has 1 atom stereocenters. The molecule has 2 aromatic carbocycles. The lowest BCUT2D eigenvalue weighted by atomic mass is 10.0. The molecule has 0 saturated heterocycles. The molecule has 0 unspecified atom stereocenters. The predicted octanol–water partition coefficient (Wildman–Crippen LogP) is 4.59. The summed E-state index contributed by atoms with van der Waals surface area (Å²) in [6.07, 6.45) is 3.45. The van der Waals surface area contributed by atoms with E-state index >= 15 is 0 Å². The zero-order chi connectivity index (χ0) is 19.3. The minimum absolute atomic E-state index is 0.0465. The molecule has 0 aliphatic heterocycles. The molecule has 0 amide bonds. The van der Waals surface area contributed by atoms with Gasteiger partial charge in [0.25, 0.3) is 0 Å². The highest BCUT2D eigenvalue weighted by molar-refractivity contribution is 8.00. The zero-order valence-electron chi connectivity index (χ0n) is 15.3. The second-order valence-electron chi connectivity index (χ2n) is 6.24. The molecule has 4 aromatic rings. The molecule has 0 spiro atoms. The molecule has 28 heavy (non-hydrogen) atoms. The maximum absolute atomic E-state index is 13.3. The maximum atomic E-state index is 13.3. The van der Waals surface area contributed by atoms with Crippen molar-refractivity contribution in [1.29, 1.82) is 0 Å². The van der Waals surface area contributed by atoms with E-state index in [4.69, 9.17) is 0 Å². The molecule has 6 heteroatoms. The summed E-state index contributed by atoms with van der Waals surface area (Å²) in [4.78, 5) is 17.3. The average molecular weight is 386 g/mol. The van der Waals surface area contributed by atoms with Crippen molar-refractivity contribution in [3.05, 3.63) is 96.3 Å². The first-order valence-electron chi connectivity index (χ1n) is 8.84. The van der Waals surface area contributed by atoms with Crippen LogP contribution in [0.25, 0.3) is 11.4 Å². The molecular formula is C22H18N4OS. The molecule has 4 rings (SSSR count). The summed E-state index contributed by atoms with van der Waals surface area (Å²) in [6, 6.07) is 22.9. The van der Waals surface area contributed by atoms with Gasteiger partial charge in [-0.2, -0.15) is 0 Å². The van der Waals surface area contributed by atoms with Crippen molar-refractivity contribution in [2.45, 2.75) is 10.4 Å². The van der Waals surface area contributed by atoms with Crippen LogP contribution in [0.15, 0.2) is 90.3 Å². The largest absolute Gasteiger partial charge is 0.305 e. The topological polar surface area (TPSA) is 60.7 Å². The second kappa shape index (κ2) is 8.19. The van der Waals surface area contributed by atoms with Crippen LogP contribution in [-0.2, 0) is 7.05 Å². The summed E-state index contributed by atoms with van der Waals surface area (Å²) in [5.41, 5.74) is 2.55. The first-order valence-corrected chi connectivity index (χ1v) is 9.72. The molecule has 0 bridgehead atoms. The summed E-state index contributed by atoms with van der Waals surface area (Å²) < 4.78 is 1.91. The van der Waals surface area contributed by atoms with E-state index in [9.17, 15) is 4.79 Å². The molecule has 0 N–H and O–H groups in total. The van der Waals surface area contributed by atoms with E-state index in [0.29, 0.717) is 10.7 Å². The molecule has 0 aliphatic rings. The van der Waals surface area contributed by atoms with Crippen molar-refractivity contribution in [2.24, 2.45) is 7.05 Å². The fourth-order valence-corrected chi connectivity index (χ4v) is 4.01. The number of hydrogen-bond donors (Lipinski definition) is 0. The quantitative estimate of drug-likeness (QED) is 0.358. The fraction of sp³-hybridized carbons (Fsp3) is 0.0909. The third kappa shape index (κ3) is 3.73. The zero-order valence-corrected chi connectivity index (χ0v) is 16.1. The lowest BCUT2D eigenvalue weighted by Crippen LogP contribution is -2.11. The van der Waals surface area contributed by atoms with Gasteiger partial charge in [0, 0.05) is 30.6 Å². The van der Waals surface area contributed by atoms with Crippen molar-refractivity contribution >= 4 is 17.5 Å². The van der Waals surface area contributed by atoms with Gasteiger partial charge in [0.2, 0.25) is 0 Å². The van der Waals surface area contributed by atoms with Crippen LogP contribution in [0.2, 0.25) is 0 Å². The third-order valence-corrected chi connectivity index (χ3v) is 5.68. The predicted molar refractivity (Wildman–Crippen MR) is 110 cm³/mol. The highest BCUT2D eigenvalue weighted by Gasteiger charge is 2.26. The van der Waals surface area contributed by atoms with Gasteiger partial charge in [-0.05, 0) is 17.7 Å². The van der Waals surface area contributed by atoms with Gasteiger partial charge in [-0.15, -0.1) is 10.2 Å². The number of thioether (sulfide) groups is 1. The van der Waals surface area contributed by atoms with E-state index in [0.717, 1.165) is 17.0 Å². The van der Waals surface area contributed by atoms with Gasteiger partial charge in [0.1, 0.15) is 5.25 Å². The Morgan fingerprint density at radius 1 is 0.893 bits per heavy atom. The van der Waals surface area contributed by atoms with Gasteiger partial charge < -0.3 is 4.57 Å². The van der Waals surface area contributed by atoms with Gasteiger partial charge in [0.15, 0.2) is 16.8 Å². The fourth-order valence-electron chi connectivity index (χ4n) is 2.93. The number of Topliss-reactive ketones (excluding diaryl/α,β-unsaturated/α-hetero) is 1. The standard InChI is InChI=1S/C22H18N4OS/c1-26-21(18-12-14-23-15-13-18)24-25-22(26)28-20(17-10-6-3-7-11-17)19(27)16-8-4-2-5-9-16/h2-15,20H,1H3/t20-/m1/s1. The van der Waals surface area contributed by atoms with Crippen LogP contribution < -0.4 is 0 Å². The van der Waals surface area contributed by atoms with Crippen molar-refractivity contribution in [1.82, 2.24) is 19.7 Å². The average Bonchev–Trinajstić information content (AvgIpc) is 3.13. The minimum Gasteiger partial charge on any atom is -0.305 e. The van der Waals surface area contributed by atoms with Gasteiger partial charge >= 0.3 is 0 Å². The van der Waals surface area contributed by atoms with E-state index in [1.54, 1.807) is 12.4 Å². The van der Waals surface area contributed by atoms with Crippen molar-refractivity contribution in [3.8, 4) is 11.4 Å². The highest BCUT2D eigenvalue weighted by Crippen LogP contribution is 2.37. The Morgan fingerprint density at radius 2 is 1.54 bits per heavy atom. The first-order chi connectivity index (χ1) is 13.7. The second-order valence-corrected chi connectivity index (χ2v) is 7.31. The summed E-state index contributed by atoms with van der Waals surface area (Å²) in [6.45, 7) is 0. The molecule has 2 aromatic heterocycles. The van der Waals surface area contributed by atoms with Gasteiger partial charge in [-0.3, -0.25) is 9.78 Å². The summed E-state index contributed by atoms with van der Waals surface area (Å²) >= 11 is 1.41. The lowest BCUT2D eigenvalue weighted by molar-refractivity contribution is 0.0989. The number of carbonyl (C=O) groups excluding carboxylic acids is 1. The van der Waals surface area contributed by atoms with Gasteiger partial charge in [0.05, 0.1) is 0 Å².